The number of esters is 5. The van der Waals surface area contributed by atoms with Gasteiger partial charge in [0.25, 0.3) is 11.6 Å². The fourth-order valence-electron chi connectivity index (χ4n) is 7.03. The third-order valence-electron chi connectivity index (χ3n) is 9.56. The number of carbonyl (C=O) groups excluding carboxylic acids is 6. The molecule has 1 N–H and O–H groups in total. The molecule has 0 radical (unpaired) electrons. The molecule has 1 amide bonds. The highest BCUT2D eigenvalue weighted by Gasteiger charge is 2.58. The summed E-state index contributed by atoms with van der Waals surface area (Å²) in [6.07, 6.45) is -16.2. The molecule has 6 rings (SSSR count). The average Bonchev–Trinajstić information content (AvgIpc) is 3.23. The first-order valence-corrected chi connectivity index (χ1v) is 19.4. The molecule has 3 aliphatic rings. The van der Waals surface area contributed by atoms with E-state index in [0.29, 0.717) is 5.56 Å². The Kier molecular flexibility index (Phi) is 14.8. The van der Waals surface area contributed by atoms with Gasteiger partial charge in [-0.05, 0) is 24.3 Å². The summed E-state index contributed by atoms with van der Waals surface area (Å²) in [6, 6.07) is 19.9. The first-order chi connectivity index (χ1) is 29.6. The summed E-state index contributed by atoms with van der Waals surface area (Å²) in [7, 11) is 0. The van der Waals surface area contributed by atoms with Gasteiger partial charge in [-0.2, -0.15) is 0 Å². The second kappa shape index (κ2) is 20.2. The molecule has 11 atom stereocenters. The topological polar surface area (TPSA) is 250 Å². The van der Waals surface area contributed by atoms with Gasteiger partial charge in [0.15, 0.2) is 43.2 Å². The number of benzene rings is 3. The molecule has 330 valence electrons. The van der Waals surface area contributed by atoms with Gasteiger partial charge >= 0.3 is 29.8 Å². The predicted octanol–water partition coefficient (Wildman–Crippen LogP) is 3.51. The molecule has 21 heteroatoms. The Morgan fingerprint density at radius 3 is 1.95 bits per heavy atom. The number of halogens is 1. The van der Waals surface area contributed by atoms with E-state index >= 15 is 0 Å². The van der Waals surface area contributed by atoms with Crippen LogP contribution in [0.25, 0.3) is 0 Å². The second-order valence-corrected chi connectivity index (χ2v) is 14.5. The van der Waals surface area contributed by atoms with Gasteiger partial charge in [-0.15, -0.1) is 0 Å². The highest BCUT2D eigenvalue weighted by molar-refractivity contribution is 6.32. The molecule has 3 aromatic rings. The monoisotopic (exact) mass is 884 g/mol. The first-order valence-electron chi connectivity index (χ1n) is 19.0. The Bertz CT molecular complexity index is 2140. The largest absolute Gasteiger partial charge is 0.459 e. The van der Waals surface area contributed by atoms with Crippen molar-refractivity contribution in [2.24, 2.45) is 0 Å². The van der Waals surface area contributed by atoms with Gasteiger partial charge in [0.05, 0.1) is 17.1 Å². The quantitative estimate of drug-likeness (QED) is 0.112. The lowest BCUT2D eigenvalue weighted by atomic mass is 9.95. The van der Waals surface area contributed by atoms with Crippen LogP contribution in [0.4, 0.5) is 5.69 Å². The zero-order valence-corrected chi connectivity index (χ0v) is 34.2. The number of hydrogen-bond acceptors (Lipinski definition) is 18. The molecule has 3 heterocycles. The minimum absolute atomic E-state index is 0.135. The van der Waals surface area contributed by atoms with Crippen molar-refractivity contribution < 1.29 is 81.1 Å². The van der Waals surface area contributed by atoms with Crippen LogP contribution in [0.5, 0.6) is 0 Å². The summed E-state index contributed by atoms with van der Waals surface area (Å²) < 4.78 is 59.7. The zero-order chi connectivity index (χ0) is 44.7. The van der Waals surface area contributed by atoms with Crippen molar-refractivity contribution in [2.45, 2.75) is 95.3 Å². The number of ether oxygens (including phenoxy) is 10. The lowest BCUT2D eigenvalue weighted by molar-refractivity contribution is -0.384. The van der Waals surface area contributed by atoms with E-state index in [9.17, 15) is 38.9 Å². The summed E-state index contributed by atoms with van der Waals surface area (Å²) in [5, 5.41) is 13.8. The minimum atomic E-state index is -1.74. The predicted molar refractivity (Wildman–Crippen MR) is 207 cm³/mol. The molecule has 62 heavy (non-hydrogen) atoms. The highest BCUT2D eigenvalue weighted by atomic mass is 35.5. The highest BCUT2D eigenvalue weighted by Crippen LogP contribution is 2.39. The first kappa shape index (κ1) is 45.5. The molecule has 0 aromatic heterocycles. The van der Waals surface area contributed by atoms with Crippen LogP contribution in [0.1, 0.15) is 60.3 Å². The number of nitrogens with one attached hydrogen (secondary N) is 1. The normalized spacial score (nSPS) is 27.9. The van der Waals surface area contributed by atoms with E-state index in [2.05, 4.69) is 5.32 Å². The van der Waals surface area contributed by atoms with Crippen molar-refractivity contribution in [3.05, 3.63) is 111 Å². The van der Waals surface area contributed by atoms with Gasteiger partial charge in [-0.3, -0.25) is 34.1 Å². The summed E-state index contributed by atoms with van der Waals surface area (Å²) in [6.45, 7) is 3.42. The molecule has 3 aliphatic heterocycles. The van der Waals surface area contributed by atoms with Crippen LogP contribution in [0.15, 0.2) is 78.9 Å². The Balaban J connectivity index is 1.38. The molecule has 3 aromatic carbocycles. The van der Waals surface area contributed by atoms with E-state index in [4.69, 9.17) is 59.0 Å². The van der Waals surface area contributed by atoms with Gasteiger partial charge < -0.3 is 52.7 Å². The molecular weight excluding hydrogens is 844 g/mol. The lowest BCUT2D eigenvalue weighted by Crippen LogP contribution is -2.69. The molecule has 0 saturated carbocycles. The number of fused-ring (bicyclic) bond motifs is 1. The molecule has 0 aliphatic carbocycles. The molecule has 1 unspecified atom stereocenters. The third-order valence-corrected chi connectivity index (χ3v) is 9.87. The van der Waals surface area contributed by atoms with Crippen LogP contribution < -0.4 is 5.32 Å². The van der Waals surface area contributed by atoms with Crippen LogP contribution in [0, 0.1) is 10.1 Å². The molecule has 0 bridgehead atoms. The Labute approximate surface area is 358 Å². The van der Waals surface area contributed by atoms with E-state index in [-0.39, 0.29) is 22.8 Å². The Hall–Kier alpha value is -6.03. The summed E-state index contributed by atoms with van der Waals surface area (Å²) in [5.74, 6) is -5.36. The van der Waals surface area contributed by atoms with Gasteiger partial charge in [-0.25, -0.2) is 4.79 Å². The van der Waals surface area contributed by atoms with Gasteiger partial charge in [-0.1, -0.05) is 60.1 Å². The maximum absolute atomic E-state index is 13.7. The molecular formula is C41H41ClN2O18. The van der Waals surface area contributed by atoms with Gasteiger partial charge in [0.2, 0.25) is 0 Å². The number of carbonyl (C=O) groups is 6. The smallest absolute Gasteiger partial charge is 0.338 e. The number of nitro benzene ring substituents is 1. The average molecular weight is 885 g/mol. The van der Waals surface area contributed by atoms with Crippen molar-refractivity contribution in [1.82, 2.24) is 5.32 Å². The van der Waals surface area contributed by atoms with E-state index < -0.39 is 121 Å². The van der Waals surface area contributed by atoms with Gasteiger partial charge in [0, 0.05) is 44.9 Å². The lowest BCUT2D eigenvalue weighted by Gasteiger charge is -2.50. The fourth-order valence-corrected chi connectivity index (χ4v) is 7.22. The Morgan fingerprint density at radius 1 is 0.726 bits per heavy atom. The maximum Gasteiger partial charge on any atom is 0.338 e. The van der Waals surface area contributed by atoms with Crippen LogP contribution in [-0.2, 0) is 66.5 Å². The van der Waals surface area contributed by atoms with E-state index in [1.165, 1.54) is 18.2 Å². The molecule has 20 nitrogen and oxygen atoms in total. The van der Waals surface area contributed by atoms with E-state index in [0.717, 1.165) is 39.8 Å². The summed E-state index contributed by atoms with van der Waals surface area (Å²) in [4.78, 5) is 88.6. The van der Waals surface area contributed by atoms with Crippen LogP contribution in [0.3, 0.4) is 0 Å². The Morgan fingerprint density at radius 2 is 1.32 bits per heavy atom. The van der Waals surface area contributed by atoms with Gasteiger partial charge in [0.1, 0.15) is 36.0 Å². The number of amides is 1. The molecule has 3 saturated heterocycles. The minimum Gasteiger partial charge on any atom is -0.459 e. The standard InChI is InChI=1S/C41H41ClN2O18/c1-20(45)55-33-31(62-41-36(58-23(4)48)34(56-21(2)46)32-30(60-41)19-54-40(61-32)25-13-9-6-10-14-25)29(18-53-39(50)24-11-7-5-8-12-24)59-38(35(33)57-22(3)47)43-37(49)26-15-16-27(42)28(17-26)44(51)52/h5-17,29-36,38,40-41H,18-19H2,1-4H3,(H,43,49)/t29-,30-,31-,32-,33+,34+,35-,36-,38-,40?,41-/m1/s1. The molecule has 3 fully saturated rings. The third kappa shape index (κ3) is 11.1. The van der Waals surface area contributed by atoms with Crippen LogP contribution in [-0.4, -0.2) is 115 Å². The second-order valence-electron chi connectivity index (χ2n) is 14.1. The van der Waals surface area contributed by atoms with Crippen LogP contribution >= 0.6 is 11.6 Å². The fraction of sp³-hybridized carbons (Fsp3) is 0.415. The van der Waals surface area contributed by atoms with Crippen molar-refractivity contribution in [1.29, 1.82) is 0 Å². The van der Waals surface area contributed by atoms with Crippen LogP contribution in [0.2, 0.25) is 5.02 Å². The van der Waals surface area contributed by atoms with E-state index in [1.54, 1.807) is 48.5 Å². The number of nitro groups is 1. The zero-order valence-electron chi connectivity index (χ0n) is 33.4. The van der Waals surface area contributed by atoms with Crippen molar-refractivity contribution in [3.63, 3.8) is 0 Å². The number of nitrogens with zero attached hydrogens (tertiary/aromatic N) is 1. The van der Waals surface area contributed by atoms with Crippen molar-refractivity contribution >= 4 is 53.0 Å². The maximum atomic E-state index is 13.7. The van der Waals surface area contributed by atoms with Crippen molar-refractivity contribution in [2.75, 3.05) is 13.2 Å². The molecule has 0 spiro atoms. The summed E-state index contributed by atoms with van der Waals surface area (Å²) in [5.41, 5.74) is -0.0982. The number of rotatable bonds is 13. The van der Waals surface area contributed by atoms with Crippen molar-refractivity contribution in [3.8, 4) is 0 Å². The summed E-state index contributed by atoms with van der Waals surface area (Å²) >= 11 is 5.96. The number of hydrogen-bond donors (Lipinski definition) is 1. The SMILES string of the molecule is CC(=O)O[C@@H]1[C@@H](OC(C)=O)[C@H](NC(=O)c2ccc(Cl)c([N+](=O)[O-])c2)O[C@H](COC(=O)c2ccccc2)[C@H]1O[C@H]1O[C@@H]2COC(c3ccccc3)O[C@H]2[C@H](OC(C)=O)[C@H]1OC(C)=O. The van der Waals surface area contributed by atoms with E-state index in [1.807, 2.05) is 0 Å².